The van der Waals surface area contributed by atoms with Gasteiger partial charge in [0.25, 0.3) is 0 Å². The first kappa shape index (κ1) is 11.8. The molecule has 2 nitrogen and oxygen atoms in total. The Kier molecular flexibility index (Phi) is 4.35. The van der Waals surface area contributed by atoms with Gasteiger partial charge in [0.1, 0.15) is 0 Å². The second kappa shape index (κ2) is 5.54. The number of hydrogen-bond donors (Lipinski definition) is 1. The number of hydrogen-bond acceptors (Lipinski definition) is 1. The largest absolute Gasteiger partial charge is 0.352 e. The zero-order chi connectivity index (χ0) is 11.3. The molecule has 2 heteroatoms. The molecule has 0 saturated heterocycles. The van der Waals surface area contributed by atoms with Crippen LogP contribution in [0.25, 0.3) is 0 Å². The molecule has 0 heterocycles. The summed E-state index contributed by atoms with van der Waals surface area (Å²) >= 11 is 0. The molecule has 0 bridgehead atoms. The van der Waals surface area contributed by atoms with Crippen molar-refractivity contribution in [2.75, 3.05) is 0 Å². The summed E-state index contributed by atoms with van der Waals surface area (Å²) in [6, 6.07) is 8.40. The van der Waals surface area contributed by atoms with E-state index in [0.717, 1.165) is 5.56 Å². The Hall–Kier alpha value is -1.31. The number of carbonyl (C=O) groups is 1. The van der Waals surface area contributed by atoms with Crippen LogP contribution in [0, 0.1) is 0 Å². The molecule has 0 radical (unpaired) electrons. The fourth-order valence-electron chi connectivity index (χ4n) is 1.35. The molecule has 1 aromatic carbocycles. The first-order valence-electron chi connectivity index (χ1n) is 5.49. The molecular weight excluding hydrogens is 186 g/mol. The average Bonchev–Trinajstić information content (AvgIpc) is 2.26. The Labute approximate surface area is 91.7 Å². The molecule has 0 atom stereocenters. The Balaban J connectivity index is 2.53. The van der Waals surface area contributed by atoms with E-state index in [1.54, 1.807) is 0 Å². The molecule has 0 spiro atoms. The van der Waals surface area contributed by atoms with Crippen LogP contribution in [-0.4, -0.2) is 5.91 Å². The summed E-state index contributed by atoms with van der Waals surface area (Å²) in [6.07, 6.45) is 0.546. The maximum atomic E-state index is 11.0. The van der Waals surface area contributed by atoms with Gasteiger partial charge in [-0.2, -0.15) is 0 Å². The molecular formula is C13H19NO. The summed E-state index contributed by atoms with van der Waals surface area (Å²) in [6.45, 7) is 6.84. The van der Waals surface area contributed by atoms with Crippen LogP contribution in [0.15, 0.2) is 24.3 Å². The van der Waals surface area contributed by atoms with E-state index in [1.165, 1.54) is 5.56 Å². The zero-order valence-corrected chi connectivity index (χ0v) is 9.71. The first-order valence-corrected chi connectivity index (χ1v) is 5.49. The number of nitrogens with one attached hydrogen (secondary N) is 1. The third kappa shape index (κ3) is 3.74. The normalized spacial score (nSPS) is 10.4. The van der Waals surface area contributed by atoms with Gasteiger partial charge in [0, 0.05) is 13.0 Å². The number of benzene rings is 1. The fourth-order valence-corrected chi connectivity index (χ4v) is 1.35. The Morgan fingerprint density at radius 3 is 2.33 bits per heavy atom. The van der Waals surface area contributed by atoms with Gasteiger partial charge in [0.15, 0.2) is 0 Å². The summed E-state index contributed by atoms with van der Waals surface area (Å²) in [5.41, 5.74) is 2.49. The number of carbonyl (C=O) groups excluding carboxylic acids is 1. The standard InChI is InChI=1S/C13H19NO/c1-4-13(15)14-9-11-5-7-12(8-6-11)10(2)3/h5-8,10H,4,9H2,1-3H3,(H,14,15). The zero-order valence-electron chi connectivity index (χ0n) is 9.71. The minimum absolute atomic E-state index is 0.0999. The van der Waals surface area contributed by atoms with Crippen molar-refractivity contribution in [2.45, 2.75) is 39.7 Å². The summed E-state index contributed by atoms with van der Waals surface area (Å²) in [7, 11) is 0. The van der Waals surface area contributed by atoms with Crippen LogP contribution in [0.1, 0.15) is 44.2 Å². The molecule has 0 unspecified atom stereocenters. The molecule has 1 N–H and O–H groups in total. The number of rotatable bonds is 4. The minimum Gasteiger partial charge on any atom is -0.352 e. The lowest BCUT2D eigenvalue weighted by atomic mass is 10.0. The van der Waals surface area contributed by atoms with Gasteiger partial charge >= 0.3 is 0 Å². The van der Waals surface area contributed by atoms with Crippen molar-refractivity contribution in [1.82, 2.24) is 5.32 Å². The van der Waals surface area contributed by atoms with E-state index in [4.69, 9.17) is 0 Å². The number of amides is 1. The van der Waals surface area contributed by atoms with Crippen LogP contribution in [-0.2, 0) is 11.3 Å². The van der Waals surface area contributed by atoms with Crippen molar-refractivity contribution >= 4 is 5.91 Å². The molecule has 1 rings (SSSR count). The third-order valence-corrected chi connectivity index (χ3v) is 2.46. The smallest absolute Gasteiger partial charge is 0.219 e. The van der Waals surface area contributed by atoms with Gasteiger partial charge in [-0.3, -0.25) is 4.79 Å². The summed E-state index contributed by atoms with van der Waals surface area (Å²) in [4.78, 5) is 11.0. The molecule has 82 valence electrons. The lowest BCUT2D eigenvalue weighted by Crippen LogP contribution is -2.21. The van der Waals surface area contributed by atoms with Crippen molar-refractivity contribution in [2.24, 2.45) is 0 Å². The van der Waals surface area contributed by atoms with Gasteiger partial charge in [-0.15, -0.1) is 0 Å². The minimum atomic E-state index is 0.0999. The Morgan fingerprint density at radius 2 is 1.87 bits per heavy atom. The van der Waals surface area contributed by atoms with E-state index in [0.29, 0.717) is 18.9 Å². The molecule has 15 heavy (non-hydrogen) atoms. The van der Waals surface area contributed by atoms with Crippen LogP contribution < -0.4 is 5.32 Å². The van der Waals surface area contributed by atoms with Crippen LogP contribution in [0.2, 0.25) is 0 Å². The van der Waals surface area contributed by atoms with E-state index >= 15 is 0 Å². The highest BCUT2D eigenvalue weighted by Crippen LogP contribution is 2.14. The van der Waals surface area contributed by atoms with Gasteiger partial charge < -0.3 is 5.32 Å². The van der Waals surface area contributed by atoms with E-state index in [1.807, 2.05) is 6.92 Å². The molecule has 0 aliphatic heterocycles. The fraction of sp³-hybridized carbons (Fsp3) is 0.462. The molecule has 0 aromatic heterocycles. The maximum Gasteiger partial charge on any atom is 0.219 e. The SMILES string of the molecule is CCC(=O)NCc1ccc(C(C)C)cc1. The van der Waals surface area contributed by atoms with Crippen molar-refractivity contribution in [3.05, 3.63) is 35.4 Å². The molecule has 0 saturated carbocycles. The predicted molar refractivity (Wildman–Crippen MR) is 62.7 cm³/mol. The summed E-state index contributed by atoms with van der Waals surface area (Å²) in [5.74, 6) is 0.659. The lowest BCUT2D eigenvalue weighted by Gasteiger charge is -2.07. The third-order valence-electron chi connectivity index (χ3n) is 2.46. The van der Waals surface area contributed by atoms with Crippen LogP contribution in [0.5, 0.6) is 0 Å². The Morgan fingerprint density at radius 1 is 1.27 bits per heavy atom. The van der Waals surface area contributed by atoms with Gasteiger partial charge in [-0.1, -0.05) is 45.0 Å². The van der Waals surface area contributed by atoms with Crippen LogP contribution in [0.3, 0.4) is 0 Å². The highest BCUT2D eigenvalue weighted by molar-refractivity contribution is 5.75. The molecule has 1 amide bonds. The molecule has 0 fully saturated rings. The lowest BCUT2D eigenvalue weighted by molar-refractivity contribution is -0.120. The Bertz CT molecular complexity index is 314. The van der Waals surface area contributed by atoms with Crippen molar-refractivity contribution in [3.8, 4) is 0 Å². The summed E-state index contributed by atoms with van der Waals surface area (Å²) < 4.78 is 0. The van der Waals surface area contributed by atoms with Crippen molar-refractivity contribution in [1.29, 1.82) is 0 Å². The molecule has 1 aromatic rings. The van der Waals surface area contributed by atoms with Gasteiger partial charge in [-0.05, 0) is 17.0 Å². The maximum absolute atomic E-state index is 11.0. The predicted octanol–water partition coefficient (Wildman–Crippen LogP) is 2.84. The second-order valence-corrected chi connectivity index (χ2v) is 4.03. The highest BCUT2D eigenvalue weighted by Gasteiger charge is 2.00. The topological polar surface area (TPSA) is 29.1 Å². The second-order valence-electron chi connectivity index (χ2n) is 4.03. The van der Waals surface area contributed by atoms with E-state index in [2.05, 4.69) is 43.4 Å². The van der Waals surface area contributed by atoms with E-state index in [-0.39, 0.29) is 5.91 Å². The van der Waals surface area contributed by atoms with Crippen LogP contribution >= 0.6 is 0 Å². The molecule has 0 aliphatic carbocycles. The van der Waals surface area contributed by atoms with Gasteiger partial charge in [0.2, 0.25) is 5.91 Å². The monoisotopic (exact) mass is 205 g/mol. The van der Waals surface area contributed by atoms with E-state index in [9.17, 15) is 4.79 Å². The highest BCUT2D eigenvalue weighted by atomic mass is 16.1. The quantitative estimate of drug-likeness (QED) is 0.804. The molecule has 0 aliphatic rings. The van der Waals surface area contributed by atoms with E-state index < -0.39 is 0 Å². The van der Waals surface area contributed by atoms with Gasteiger partial charge in [0.05, 0.1) is 0 Å². The summed E-state index contributed by atoms with van der Waals surface area (Å²) in [5, 5.41) is 2.86. The van der Waals surface area contributed by atoms with Crippen LogP contribution in [0.4, 0.5) is 0 Å². The van der Waals surface area contributed by atoms with Crippen molar-refractivity contribution in [3.63, 3.8) is 0 Å². The first-order chi connectivity index (χ1) is 7.13. The van der Waals surface area contributed by atoms with Crippen molar-refractivity contribution < 1.29 is 4.79 Å². The van der Waals surface area contributed by atoms with Gasteiger partial charge in [-0.25, -0.2) is 0 Å². The average molecular weight is 205 g/mol.